The second-order valence-electron chi connectivity index (χ2n) is 5.88. The van der Waals surface area contributed by atoms with Gasteiger partial charge in [0.1, 0.15) is 12.0 Å². The molecule has 0 fully saturated rings. The summed E-state index contributed by atoms with van der Waals surface area (Å²) in [5.41, 5.74) is 5.39. The Kier molecular flexibility index (Phi) is 3.17. The van der Waals surface area contributed by atoms with E-state index in [0.717, 1.165) is 38.9 Å². The lowest BCUT2D eigenvalue weighted by Gasteiger charge is -2.12. The van der Waals surface area contributed by atoms with E-state index in [0.29, 0.717) is 5.56 Å². The standard InChI is InChI=1S/C19H15N5/c1-24(2)14-6-4-13(5-7-14)18-17-15-9-12(10-20)3-8-16(15)23-19(17)22-11-21-18/h3-9,11H,1-2H3,(H,21,22,23). The van der Waals surface area contributed by atoms with E-state index in [-0.39, 0.29) is 0 Å². The van der Waals surface area contributed by atoms with Crippen molar-refractivity contribution in [3.63, 3.8) is 0 Å². The molecule has 0 amide bonds. The van der Waals surface area contributed by atoms with Gasteiger partial charge in [0.15, 0.2) is 0 Å². The number of anilines is 1. The molecule has 4 rings (SSSR count). The topological polar surface area (TPSA) is 68.6 Å². The van der Waals surface area contributed by atoms with E-state index in [1.165, 1.54) is 0 Å². The Morgan fingerprint density at radius 2 is 1.83 bits per heavy atom. The molecule has 2 aromatic heterocycles. The zero-order valence-corrected chi connectivity index (χ0v) is 13.4. The van der Waals surface area contributed by atoms with Gasteiger partial charge in [0.05, 0.1) is 22.7 Å². The first-order valence-electron chi connectivity index (χ1n) is 7.61. The molecule has 4 aromatic rings. The summed E-state index contributed by atoms with van der Waals surface area (Å²) in [6.45, 7) is 0. The number of aromatic nitrogens is 3. The first-order chi connectivity index (χ1) is 11.7. The highest BCUT2D eigenvalue weighted by molar-refractivity contribution is 6.12. The Morgan fingerprint density at radius 1 is 1.04 bits per heavy atom. The van der Waals surface area contributed by atoms with Crippen molar-refractivity contribution in [3.8, 4) is 17.3 Å². The maximum atomic E-state index is 9.18. The fourth-order valence-corrected chi connectivity index (χ4v) is 2.93. The second-order valence-corrected chi connectivity index (χ2v) is 5.88. The average molecular weight is 313 g/mol. The third-order valence-electron chi connectivity index (χ3n) is 4.18. The van der Waals surface area contributed by atoms with Crippen LogP contribution < -0.4 is 4.90 Å². The van der Waals surface area contributed by atoms with E-state index in [9.17, 15) is 5.26 Å². The van der Waals surface area contributed by atoms with Gasteiger partial charge in [-0.3, -0.25) is 0 Å². The Balaban J connectivity index is 1.99. The van der Waals surface area contributed by atoms with Crippen molar-refractivity contribution >= 4 is 27.6 Å². The number of nitrogens with one attached hydrogen (secondary N) is 1. The van der Waals surface area contributed by atoms with Crippen LogP contribution in [0.3, 0.4) is 0 Å². The normalized spacial score (nSPS) is 10.9. The molecule has 0 unspecified atom stereocenters. The van der Waals surface area contributed by atoms with E-state index in [1.54, 1.807) is 12.4 Å². The van der Waals surface area contributed by atoms with Gasteiger partial charge in [0.2, 0.25) is 0 Å². The van der Waals surface area contributed by atoms with E-state index in [1.807, 2.05) is 26.2 Å². The fraction of sp³-hybridized carbons (Fsp3) is 0.105. The first-order valence-corrected chi connectivity index (χ1v) is 7.61. The quantitative estimate of drug-likeness (QED) is 0.612. The molecule has 2 heterocycles. The van der Waals surface area contributed by atoms with Crippen molar-refractivity contribution in [2.75, 3.05) is 19.0 Å². The SMILES string of the molecule is CN(C)c1ccc(-c2ncnc3[nH]c4ccc(C#N)cc4c23)cc1. The number of rotatable bonds is 2. The number of nitrogens with zero attached hydrogens (tertiary/aromatic N) is 4. The van der Waals surface area contributed by atoms with Crippen LogP contribution in [-0.4, -0.2) is 29.0 Å². The summed E-state index contributed by atoms with van der Waals surface area (Å²) in [5.74, 6) is 0. The van der Waals surface area contributed by atoms with Crippen LogP contribution >= 0.6 is 0 Å². The smallest absolute Gasteiger partial charge is 0.142 e. The van der Waals surface area contributed by atoms with Crippen LogP contribution in [-0.2, 0) is 0 Å². The van der Waals surface area contributed by atoms with Crippen molar-refractivity contribution in [2.24, 2.45) is 0 Å². The number of benzene rings is 2. The molecule has 0 saturated heterocycles. The highest BCUT2D eigenvalue weighted by Crippen LogP contribution is 2.33. The molecule has 1 N–H and O–H groups in total. The van der Waals surface area contributed by atoms with Crippen molar-refractivity contribution in [2.45, 2.75) is 0 Å². The van der Waals surface area contributed by atoms with Crippen LogP contribution in [0, 0.1) is 11.3 Å². The average Bonchev–Trinajstić information content (AvgIpc) is 2.99. The van der Waals surface area contributed by atoms with Crippen LogP contribution in [0.5, 0.6) is 0 Å². The van der Waals surface area contributed by atoms with Gasteiger partial charge in [0.25, 0.3) is 0 Å². The monoisotopic (exact) mass is 313 g/mol. The van der Waals surface area contributed by atoms with Crippen molar-refractivity contribution in [3.05, 3.63) is 54.4 Å². The van der Waals surface area contributed by atoms with E-state index in [2.05, 4.69) is 50.2 Å². The molecule has 116 valence electrons. The molecular weight excluding hydrogens is 298 g/mol. The highest BCUT2D eigenvalue weighted by atomic mass is 15.1. The Labute approximate surface area is 139 Å². The van der Waals surface area contributed by atoms with Crippen LogP contribution in [0.25, 0.3) is 33.2 Å². The summed E-state index contributed by atoms with van der Waals surface area (Å²) in [4.78, 5) is 14.2. The molecule has 5 nitrogen and oxygen atoms in total. The van der Waals surface area contributed by atoms with Gasteiger partial charge in [-0.05, 0) is 30.3 Å². The molecule has 0 aliphatic rings. The summed E-state index contributed by atoms with van der Waals surface area (Å²) < 4.78 is 0. The summed E-state index contributed by atoms with van der Waals surface area (Å²) in [6, 6.07) is 16.0. The lowest BCUT2D eigenvalue weighted by Crippen LogP contribution is -2.07. The maximum Gasteiger partial charge on any atom is 0.142 e. The molecule has 0 radical (unpaired) electrons. The van der Waals surface area contributed by atoms with Crippen LogP contribution in [0.15, 0.2) is 48.8 Å². The molecule has 0 aliphatic carbocycles. The molecular formula is C19H15N5. The summed E-state index contributed by atoms with van der Waals surface area (Å²) >= 11 is 0. The van der Waals surface area contributed by atoms with E-state index >= 15 is 0 Å². The minimum Gasteiger partial charge on any atom is -0.378 e. The molecule has 0 atom stereocenters. The molecule has 5 heteroatoms. The zero-order valence-electron chi connectivity index (χ0n) is 13.4. The van der Waals surface area contributed by atoms with Gasteiger partial charge in [0, 0.05) is 36.2 Å². The Morgan fingerprint density at radius 3 is 2.54 bits per heavy atom. The van der Waals surface area contributed by atoms with Gasteiger partial charge in [-0.1, -0.05) is 12.1 Å². The van der Waals surface area contributed by atoms with E-state index < -0.39 is 0 Å². The number of fused-ring (bicyclic) bond motifs is 3. The van der Waals surface area contributed by atoms with Gasteiger partial charge >= 0.3 is 0 Å². The first kappa shape index (κ1) is 14.2. The third-order valence-corrected chi connectivity index (χ3v) is 4.18. The number of hydrogen-bond acceptors (Lipinski definition) is 4. The molecule has 2 aromatic carbocycles. The molecule has 0 aliphatic heterocycles. The fourth-order valence-electron chi connectivity index (χ4n) is 2.93. The van der Waals surface area contributed by atoms with Gasteiger partial charge in [-0.25, -0.2) is 9.97 Å². The predicted molar refractivity (Wildman–Crippen MR) is 95.9 cm³/mol. The van der Waals surface area contributed by atoms with Crippen molar-refractivity contribution < 1.29 is 0 Å². The van der Waals surface area contributed by atoms with Crippen LogP contribution in [0.1, 0.15) is 5.56 Å². The summed E-state index contributed by atoms with van der Waals surface area (Å²) in [5, 5.41) is 11.1. The number of nitriles is 1. The Bertz CT molecular complexity index is 1080. The number of H-pyrrole nitrogens is 1. The van der Waals surface area contributed by atoms with Gasteiger partial charge in [-0.2, -0.15) is 5.26 Å². The maximum absolute atomic E-state index is 9.18. The molecule has 0 spiro atoms. The second kappa shape index (κ2) is 5.36. The van der Waals surface area contributed by atoms with Crippen molar-refractivity contribution in [1.82, 2.24) is 15.0 Å². The summed E-state index contributed by atoms with van der Waals surface area (Å²) in [6.07, 6.45) is 1.57. The van der Waals surface area contributed by atoms with Crippen LogP contribution in [0.2, 0.25) is 0 Å². The van der Waals surface area contributed by atoms with Crippen LogP contribution in [0.4, 0.5) is 5.69 Å². The lowest BCUT2D eigenvalue weighted by molar-refractivity contribution is 1.13. The van der Waals surface area contributed by atoms with Crippen molar-refractivity contribution in [1.29, 1.82) is 5.26 Å². The number of hydrogen-bond donors (Lipinski definition) is 1. The van der Waals surface area contributed by atoms with Gasteiger partial charge < -0.3 is 9.88 Å². The minimum absolute atomic E-state index is 0.626. The lowest BCUT2D eigenvalue weighted by atomic mass is 10.0. The van der Waals surface area contributed by atoms with Gasteiger partial charge in [-0.15, -0.1) is 0 Å². The molecule has 24 heavy (non-hydrogen) atoms. The molecule has 0 bridgehead atoms. The van der Waals surface area contributed by atoms with E-state index in [4.69, 9.17) is 0 Å². The number of aromatic amines is 1. The Hall–Kier alpha value is -3.39. The molecule has 0 saturated carbocycles. The third kappa shape index (κ3) is 2.17. The highest BCUT2D eigenvalue weighted by Gasteiger charge is 2.13. The largest absolute Gasteiger partial charge is 0.378 e. The minimum atomic E-state index is 0.626. The predicted octanol–water partition coefficient (Wildman–Crippen LogP) is 3.72. The summed E-state index contributed by atoms with van der Waals surface area (Å²) in [7, 11) is 4.03. The zero-order chi connectivity index (χ0) is 16.7.